The summed E-state index contributed by atoms with van der Waals surface area (Å²) in [6.45, 7) is 7.93. The molecule has 6 rings (SSSR count). The highest BCUT2D eigenvalue weighted by atomic mass is 16.5. The number of aromatic nitrogens is 2. The number of ether oxygens (including phenoxy) is 3. The molecular formula is C37H45N7O5. The molecule has 4 heterocycles. The molecule has 2 amide bonds. The number of nitrogens with zero attached hydrogens (tertiary/aromatic N) is 3. The van der Waals surface area contributed by atoms with Gasteiger partial charge in [-0.15, -0.1) is 0 Å². The molecule has 12 nitrogen and oxygen atoms in total. The first kappa shape index (κ1) is 35.4. The molecule has 2 aromatic carbocycles. The zero-order valence-corrected chi connectivity index (χ0v) is 27.7. The van der Waals surface area contributed by atoms with Crippen molar-refractivity contribution in [2.75, 3.05) is 39.3 Å². The average Bonchev–Trinajstić information content (AvgIpc) is 3.84. The number of nitrogens with two attached hydrogens (primary N) is 2. The lowest BCUT2D eigenvalue weighted by atomic mass is 10.2. The monoisotopic (exact) mass is 667 g/mol. The van der Waals surface area contributed by atoms with Crippen molar-refractivity contribution in [2.45, 2.75) is 44.9 Å². The summed E-state index contributed by atoms with van der Waals surface area (Å²) in [5.41, 5.74) is 13.5. The maximum Gasteiger partial charge on any atom is 0.254 e. The molecular weight excluding hydrogens is 622 g/mol. The van der Waals surface area contributed by atoms with E-state index in [-0.39, 0.29) is 11.1 Å². The fourth-order valence-electron chi connectivity index (χ4n) is 5.58. The van der Waals surface area contributed by atoms with Crippen molar-refractivity contribution in [1.29, 1.82) is 0 Å². The SMILES string of the molecule is NC(=O)c1cnccc1Oc1ccc(CNCC2CCCO2)cc1.NC(=O)c1cnccc1Oc1ccc(CNCCN2CCCC2)cc1. The molecule has 2 aliphatic rings. The summed E-state index contributed by atoms with van der Waals surface area (Å²) in [6, 6.07) is 18.8. The number of hydrogen-bond donors (Lipinski definition) is 4. The van der Waals surface area contributed by atoms with Gasteiger partial charge in [0.2, 0.25) is 0 Å². The minimum atomic E-state index is -0.562. The molecule has 49 heavy (non-hydrogen) atoms. The summed E-state index contributed by atoms with van der Waals surface area (Å²) in [4.78, 5) is 33.1. The summed E-state index contributed by atoms with van der Waals surface area (Å²) >= 11 is 0. The Kier molecular flexibility index (Phi) is 13.5. The van der Waals surface area contributed by atoms with Crippen molar-refractivity contribution in [3.63, 3.8) is 0 Å². The number of likely N-dealkylation sites (tertiary alicyclic amines) is 1. The second-order valence-corrected chi connectivity index (χ2v) is 12.0. The molecule has 2 aromatic heterocycles. The molecule has 258 valence electrons. The number of carbonyl (C=O) groups excluding carboxylic acids is 2. The van der Waals surface area contributed by atoms with Gasteiger partial charge < -0.3 is 41.2 Å². The van der Waals surface area contributed by atoms with Crippen LogP contribution in [0.2, 0.25) is 0 Å². The van der Waals surface area contributed by atoms with Crippen molar-refractivity contribution in [3.8, 4) is 23.0 Å². The van der Waals surface area contributed by atoms with Gasteiger partial charge in [0.1, 0.15) is 34.1 Å². The smallest absolute Gasteiger partial charge is 0.254 e. The number of rotatable bonds is 15. The van der Waals surface area contributed by atoms with Gasteiger partial charge in [0.15, 0.2) is 0 Å². The summed E-state index contributed by atoms with van der Waals surface area (Å²) in [7, 11) is 0. The molecule has 0 saturated carbocycles. The third kappa shape index (κ3) is 11.4. The van der Waals surface area contributed by atoms with E-state index in [0.717, 1.165) is 57.7 Å². The summed E-state index contributed by atoms with van der Waals surface area (Å²) in [6.07, 6.45) is 11.2. The fourth-order valence-corrected chi connectivity index (χ4v) is 5.58. The molecule has 2 saturated heterocycles. The number of amides is 2. The average molecular weight is 668 g/mol. The van der Waals surface area contributed by atoms with Crippen molar-refractivity contribution in [3.05, 3.63) is 108 Å². The first-order valence-electron chi connectivity index (χ1n) is 16.7. The first-order valence-corrected chi connectivity index (χ1v) is 16.7. The normalized spacial score (nSPS) is 15.7. The molecule has 6 N–H and O–H groups in total. The van der Waals surface area contributed by atoms with Gasteiger partial charge in [0, 0.05) is 64.1 Å². The van der Waals surface area contributed by atoms with Gasteiger partial charge in [-0.25, -0.2) is 0 Å². The molecule has 12 heteroatoms. The van der Waals surface area contributed by atoms with Crippen molar-refractivity contribution < 1.29 is 23.8 Å². The van der Waals surface area contributed by atoms with Crippen LogP contribution >= 0.6 is 0 Å². The summed E-state index contributed by atoms with van der Waals surface area (Å²) in [5, 5.41) is 6.87. The quantitative estimate of drug-likeness (QED) is 0.134. The van der Waals surface area contributed by atoms with Crippen LogP contribution in [0.25, 0.3) is 0 Å². The van der Waals surface area contributed by atoms with Crippen molar-refractivity contribution >= 4 is 11.8 Å². The molecule has 0 radical (unpaired) electrons. The van der Waals surface area contributed by atoms with Crippen molar-refractivity contribution in [2.24, 2.45) is 11.5 Å². The Balaban J connectivity index is 0.000000191. The van der Waals surface area contributed by atoms with E-state index in [1.54, 1.807) is 24.5 Å². The predicted octanol–water partition coefficient (Wildman–Crippen LogP) is 4.40. The topological polar surface area (TPSA) is 167 Å². The van der Waals surface area contributed by atoms with Gasteiger partial charge >= 0.3 is 0 Å². The number of carbonyl (C=O) groups is 2. The van der Waals surface area contributed by atoms with E-state index in [9.17, 15) is 9.59 Å². The number of pyridine rings is 2. The number of benzene rings is 2. The Bertz CT molecular complexity index is 1620. The lowest BCUT2D eigenvalue weighted by Gasteiger charge is -2.14. The van der Waals surface area contributed by atoms with Gasteiger partial charge in [-0.05, 0) is 86.3 Å². The molecule has 1 atom stereocenters. The van der Waals surface area contributed by atoms with E-state index in [2.05, 4.69) is 25.5 Å². The second-order valence-electron chi connectivity index (χ2n) is 12.0. The standard InChI is InChI=1S/C19H24N4O2.C18H21N3O3/c20-19(24)17-14-21-8-7-18(17)25-16-5-3-15(4-6-16)13-22-9-12-23-10-1-2-11-23;19-18(22)16-12-20-8-7-17(16)24-14-5-3-13(4-6-14)10-21-11-15-2-1-9-23-15/h3-8,14,22H,1-2,9-13H2,(H2,20,24);3-8,12,15,21H,1-2,9-11H2,(H2,19,22). The van der Waals surface area contributed by atoms with E-state index in [1.807, 2.05) is 48.5 Å². The third-order valence-corrected chi connectivity index (χ3v) is 8.25. The zero-order chi connectivity index (χ0) is 34.3. The van der Waals surface area contributed by atoms with Crippen LogP contribution in [0.3, 0.4) is 0 Å². The van der Waals surface area contributed by atoms with Gasteiger partial charge in [-0.1, -0.05) is 24.3 Å². The largest absolute Gasteiger partial charge is 0.456 e. The van der Waals surface area contributed by atoms with Crippen molar-refractivity contribution in [1.82, 2.24) is 25.5 Å². The van der Waals surface area contributed by atoms with E-state index >= 15 is 0 Å². The maximum absolute atomic E-state index is 11.4. The Hall–Kier alpha value is -4.88. The molecule has 2 fully saturated rings. The second kappa shape index (κ2) is 18.6. The third-order valence-electron chi connectivity index (χ3n) is 8.25. The van der Waals surface area contributed by atoms with Gasteiger partial charge in [0.05, 0.1) is 6.10 Å². The maximum atomic E-state index is 11.4. The van der Waals surface area contributed by atoms with E-state index in [1.165, 1.54) is 43.9 Å². The van der Waals surface area contributed by atoms with Gasteiger partial charge in [-0.3, -0.25) is 19.6 Å². The molecule has 0 spiro atoms. The lowest BCUT2D eigenvalue weighted by Crippen LogP contribution is -2.29. The van der Waals surface area contributed by atoms with E-state index in [4.69, 9.17) is 25.7 Å². The Labute approximate surface area is 287 Å². The Morgan fingerprint density at radius 3 is 1.78 bits per heavy atom. The van der Waals surface area contributed by atoms with Crippen LogP contribution in [-0.2, 0) is 17.8 Å². The van der Waals surface area contributed by atoms with Gasteiger partial charge in [0.25, 0.3) is 11.8 Å². The fraction of sp³-hybridized carbons (Fsp3) is 0.351. The number of hydrogen-bond acceptors (Lipinski definition) is 10. The van der Waals surface area contributed by atoms with Crippen LogP contribution in [0, 0.1) is 0 Å². The molecule has 0 aliphatic carbocycles. The van der Waals surface area contributed by atoms with Crippen LogP contribution in [0.15, 0.2) is 85.5 Å². The predicted molar refractivity (Wildman–Crippen MR) is 187 cm³/mol. The highest BCUT2D eigenvalue weighted by Gasteiger charge is 2.15. The van der Waals surface area contributed by atoms with Crippen LogP contribution < -0.4 is 31.6 Å². The minimum absolute atomic E-state index is 0.264. The summed E-state index contributed by atoms with van der Waals surface area (Å²) in [5.74, 6) is 1.01. The van der Waals surface area contributed by atoms with Gasteiger partial charge in [-0.2, -0.15) is 0 Å². The first-order chi connectivity index (χ1) is 23.9. The molecule has 0 bridgehead atoms. The summed E-state index contributed by atoms with van der Waals surface area (Å²) < 4.78 is 17.1. The number of primary amides is 2. The lowest BCUT2D eigenvalue weighted by molar-refractivity contribution is 0.0989. The van der Waals surface area contributed by atoms with Crippen LogP contribution in [0.1, 0.15) is 57.5 Å². The van der Waals surface area contributed by atoms with Crippen LogP contribution in [-0.4, -0.2) is 72.1 Å². The highest BCUT2D eigenvalue weighted by Crippen LogP contribution is 2.26. The molecule has 4 aromatic rings. The minimum Gasteiger partial charge on any atom is -0.456 e. The zero-order valence-electron chi connectivity index (χ0n) is 27.7. The van der Waals surface area contributed by atoms with Crippen LogP contribution in [0.4, 0.5) is 0 Å². The number of nitrogens with one attached hydrogen (secondary N) is 2. The Morgan fingerprint density at radius 2 is 1.29 bits per heavy atom. The highest BCUT2D eigenvalue weighted by molar-refractivity contribution is 5.95. The van der Waals surface area contributed by atoms with Crippen LogP contribution in [0.5, 0.6) is 23.0 Å². The van der Waals surface area contributed by atoms with E-state index < -0.39 is 11.8 Å². The molecule has 2 aliphatic heterocycles. The Morgan fingerprint density at radius 1 is 0.755 bits per heavy atom. The van der Waals surface area contributed by atoms with E-state index in [0.29, 0.717) is 29.1 Å². The molecule has 1 unspecified atom stereocenters.